The average Bonchev–Trinajstić information content (AvgIpc) is 3.23. The maximum absolute atomic E-state index is 12.4. The van der Waals surface area contributed by atoms with E-state index < -0.39 is 30.2 Å². The Morgan fingerprint density at radius 2 is 1.81 bits per heavy atom. The molecule has 3 amide bonds. The van der Waals surface area contributed by atoms with Crippen LogP contribution in [0.4, 0.5) is 5.82 Å². The molecule has 0 radical (unpaired) electrons. The molecule has 3 aromatic rings. The molecule has 1 aliphatic heterocycles. The minimum Gasteiger partial charge on any atom is -0.462 e. The van der Waals surface area contributed by atoms with Crippen LogP contribution in [-0.2, 0) is 9.53 Å². The lowest BCUT2D eigenvalue weighted by Gasteiger charge is -2.14. The summed E-state index contributed by atoms with van der Waals surface area (Å²) in [5.74, 6) is -1.82. The predicted octanol–water partition coefficient (Wildman–Crippen LogP) is 1.92. The molecule has 158 valence electrons. The molecular formula is C20H17N5O5S. The van der Waals surface area contributed by atoms with Crippen LogP contribution in [0.15, 0.2) is 30.6 Å². The molecule has 0 fully saturated rings. The van der Waals surface area contributed by atoms with Gasteiger partial charge in [0.15, 0.2) is 5.82 Å². The number of nitrogens with zero attached hydrogens (tertiary/aromatic N) is 3. The minimum atomic E-state index is -0.611. The number of ether oxygens (including phenoxy) is 1. The molecule has 0 atom stereocenters. The Morgan fingerprint density at radius 1 is 1.13 bits per heavy atom. The number of esters is 1. The average molecular weight is 439 g/mol. The number of fused-ring (bicyclic) bond motifs is 2. The molecule has 1 aliphatic rings. The van der Waals surface area contributed by atoms with Crippen molar-refractivity contribution in [2.75, 3.05) is 18.6 Å². The number of aromatic nitrogens is 2. The second-order valence-corrected chi connectivity index (χ2v) is 7.59. The number of carbonyl (C=O) groups excluding carboxylic acids is 4. The number of benzene rings is 1. The first-order valence-electron chi connectivity index (χ1n) is 9.33. The molecule has 10 nitrogen and oxygen atoms in total. The van der Waals surface area contributed by atoms with E-state index in [9.17, 15) is 19.2 Å². The maximum atomic E-state index is 12.4. The molecular weight excluding hydrogens is 422 g/mol. The van der Waals surface area contributed by atoms with Gasteiger partial charge in [0, 0.05) is 0 Å². The van der Waals surface area contributed by atoms with Gasteiger partial charge >= 0.3 is 5.97 Å². The fourth-order valence-electron chi connectivity index (χ4n) is 3.25. The van der Waals surface area contributed by atoms with Crippen LogP contribution in [0.5, 0.6) is 0 Å². The molecule has 31 heavy (non-hydrogen) atoms. The smallest absolute Gasteiger partial charge is 0.348 e. The Morgan fingerprint density at radius 3 is 2.45 bits per heavy atom. The third kappa shape index (κ3) is 3.59. The molecule has 1 aromatic carbocycles. The molecule has 2 aromatic heterocycles. The number of imide groups is 1. The van der Waals surface area contributed by atoms with Gasteiger partial charge in [-0.25, -0.2) is 14.8 Å². The van der Waals surface area contributed by atoms with Gasteiger partial charge in [0.25, 0.3) is 17.7 Å². The quantitative estimate of drug-likeness (QED) is 0.338. The minimum absolute atomic E-state index is 0.247. The maximum Gasteiger partial charge on any atom is 0.348 e. The number of anilines is 1. The Bertz CT molecular complexity index is 1200. The van der Waals surface area contributed by atoms with Gasteiger partial charge in [-0.15, -0.1) is 11.3 Å². The molecule has 0 bridgehead atoms. The third-order valence-corrected chi connectivity index (χ3v) is 5.87. The first kappa shape index (κ1) is 20.4. The van der Waals surface area contributed by atoms with Crippen molar-refractivity contribution in [3.63, 3.8) is 0 Å². The van der Waals surface area contributed by atoms with Crippen LogP contribution >= 0.6 is 11.3 Å². The van der Waals surface area contributed by atoms with Gasteiger partial charge in [0.2, 0.25) is 0 Å². The summed E-state index contributed by atoms with van der Waals surface area (Å²) in [4.78, 5) is 59.5. The van der Waals surface area contributed by atoms with Gasteiger partial charge < -0.3 is 4.74 Å². The van der Waals surface area contributed by atoms with E-state index in [0.29, 0.717) is 20.7 Å². The molecule has 0 spiro atoms. The molecule has 2 N–H and O–H groups in total. The predicted molar refractivity (Wildman–Crippen MR) is 112 cm³/mol. The number of carbonyl (C=O) groups is 4. The second-order valence-electron chi connectivity index (χ2n) is 6.59. The highest BCUT2D eigenvalue weighted by Crippen LogP contribution is 2.33. The zero-order chi connectivity index (χ0) is 22.1. The molecule has 3 heterocycles. The topological polar surface area (TPSA) is 131 Å². The summed E-state index contributed by atoms with van der Waals surface area (Å²) in [6, 6.07) is 6.40. The Kier molecular flexibility index (Phi) is 5.34. The van der Waals surface area contributed by atoms with Crippen LogP contribution in [0.2, 0.25) is 0 Å². The summed E-state index contributed by atoms with van der Waals surface area (Å²) in [6.07, 6.45) is 1.30. The third-order valence-electron chi connectivity index (χ3n) is 4.69. The van der Waals surface area contributed by atoms with Gasteiger partial charge in [0.05, 0.1) is 23.1 Å². The van der Waals surface area contributed by atoms with Gasteiger partial charge in [-0.05, 0) is 31.5 Å². The summed E-state index contributed by atoms with van der Waals surface area (Å²) >= 11 is 1.16. The summed E-state index contributed by atoms with van der Waals surface area (Å²) in [6.45, 7) is 3.25. The Balaban J connectivity index is 1.48. The van der Waals surface area contributed by atoms with E-state index in [1.54, 1.807) is 38.1 Å². The van der Waals surface area contributed by atoms with Crippen LogP contribution in [0.3, 0.4) is 0 Å². The first-order chi connectivity index (χ1) is 14.9. The highest BCUT2D eigenvalue weighted by Gasteiger charge is 2.36. The summed E-state index contributed by atoms with van der Waals surface area (Å²) in [7, 11) is 0. The Hall–Kier alpha value is -3.86. The van der Waals surface area contributed by atoms with Crippen molar-refractivity contribution in [2.45, 2.75) is 13.8 Å². The molecule has 11 heteroatoms. The van der Waals surface area contributed by atoms with E-state index >= 15 is 0 Å². The zero-order valence-electron chi connectivity index (χ0n) is 16.6. The molecule has 0 aliphatic carbocycles. The molecule has 0 saturated heterocycles. The highest BCUT2D eigenvalue weighted by atomic mass is 32.1. The van der Waals surface area contributed by atoms with E-state index in [1.165, 1.54) is 6.33 Å². The van der Waals surface area contributed by atoms with Crippen molar-refractivity contribution in [1.82, 2.24) is 20.3 Å². The number of hydrogen-bond acceptors (Lipinski definition) is 9. The molecule has 0 unspecified atom stereocenters. The van der Waals surface area contributed by atoms with E-state index in [4.69, 9.17) is 4.74 Å². The lowest BCUT2D eigenvalue weighted by atomic mass is 10.1. The van der Waals surface area contributed by atoms with Crippen molar-refractivity contribution in [3.8, 4) is 0 Å². The number of thiophene rings is 1. The monoisotopic (exact) mass is 439 g/mol. The van der Waals surface area contributed by atoms with Crippen LogP contribution in [0.1, 0.15) is 42.9 Å². The van der Waals surface area contributed by atoms with E-state index in [1.807, 2.05) is 0 Å². The zero-order valence-corrected chi connectivity index (χ0v) is 17.4. The number of aryl methyl sites for hydroxylation is 1. The van der Waals surface area contributed by atoms with Gasteiger partial charge in [-0.3, -0.25) is 30.1 Å². The van der Waals surface area contributed by atoms with Gasteiger partial charge in [-0.1, -0.05) is 12.1 Å². The summed E-state index contributed by atoms with van der Waals surface area (Å²) in [5, 5.41) is 0.566. The second kappa shape index (κ2) is 8.11. The number of nitrogens with one attached hydrogen (secondary N) is 2. The Labute approximate surface area is 180 Å². The van der Waals surface area contributed by atoms with Gasteiger partial charge in [0.1, 0.15) is 22.6 Å². The summed E-state index contributed by atoms with van der Waals surface area (Å²) in [5.41, 5.74) is 6.29. The molecule has 0 saturated carbocycles. The van der Waals surface area contributed by atoms with Crippen molar-refractivity contribution < 1.29 is 23.9 Å². The lowest BCUT2D eigenvalue weighted by Crippen LogP contribution is -2.42. The standard InChI is InChI=1S/C20H17N5O5S/c1-3-30-20(29)15-10(2)14-16(21-9-22-17(14)31-15)24-23-13(26)8-25-18(27)11-6-4-5-7-12(11)19(25)28/h4-7,9H,3,8H2,1-2H3,(H,23,26)(H,21,22,24). The van der Waals surface area contributed by atoms with Crippen LogP contribution in [-0.4, -0.2) is 51.7 Å². The van der Waals surface area contributed by atoms with E-state index in [-0.39, 0.29) is 23.6 Å². The first-order valence-corrected chi connectivity index (χ1v) is 10.1. The highest BCUT2D eigenvalue weighted by molar-refractivity contribution is 7.20. The normalized spacial score (nSPS) is 12.8. The SMILES string of the molecule is CCOC(=O)c1sc2ncnc(NNC(=O)CN3C(=O)c4ccccc4C3=O)c2c1C. The lowest BCUT2D eigenvalue weighted by molar-refractivity contribution is -0.120. The number of rotatable bonds is 6. The summed E-state index contributed by atoms with van der Waals surface area (Å²) < 4.78 is 5.06. The van der Waals surface area contributed by atoms with Crippen molar-refractivity contribution in [1.29, 1.82) is 0 Å². The van der Waals surface area contributed by atoms with Gasteiger partial charge in [-0.2, -0.15) is 0 Å². The fraction of sp³-hybridized carbons (Fsp3) is 0.200. The van der Waals surface area contributed by atoms with Crippen LogP contribution in [0, 0.1) is 6.92 Å². The van der Waals surface area contributed by atoms with Crippen molar-refractivity contribution in [2.24, 2.45) is 0 Å². The van der Waals surface area contributed by atoms with Crippen LogP contribution in [0.25, 0.3) is 10.2 Å². The number of amides is 3. The largest absolute Gasteiger partial charge is 0.462 e. The fourth-order valence-corrected chi connectivity index (χ4v) is 4.29. The van der Waals surface area contributed by atoms with Crippen molar-refractivity contribution in [3.05, 3.63) is 52.2 Å². The number of hydrazine groups is 1. The van der Waals surface area contributed by atoms with E-state index in [0.717, 1.165) is 16.2 Å². The molecule has 4 rings (SSSR count). The van der Waals surface area contributed by atoms with Crippen LogP contribution < -0.4 is 10.9 Å². The van der Waals surface area contributed by atoms with E-state index in [2.05, 4.69) is 20.8 Å². The number of hydrogen-bond donors (Lipinski definition) is 2. The van der Waals surface area contributed by atoms with Crippen molar-refractivity contribution >= 4 is 51.1 Å².